The Bertz CT molecular complexity index is 633. The van der Waals surface area contributed by atoms with Gasteiger partial charge >= 0.3 is 0 Å². The zero-order chi connectivity index (χ0) is 14.9. The van der Waals surface area contributed by atoms with Gasteiger partial charge in [0.25, 0.3) is 0 Å². The minimum Gasteiger partial charge on any atom is -0.496 e. The maximum absolute atomic E-state index is 5.46. The first-order valence-corrected chi connectivity index (χ1v) is 7.52. The minimum absolute atomic E-state index is 0.249. The quantitative estimate of drug-likeness (QED) is 0.941. The van der Waals surface area contributed by atoms with E-state index in [0.717, 1.165) is 42.9 Å². The lowest BCUT2D eigenvalue weighted by molar-refractivity contribution is 0.304. The van der Waals surface area contributed by atoms with Crippen LogP contribution in [-0.4, -0.2) is 37.8 Å². The van der Waals surface area contributed by atoms with Crippen LogP contribution in [0.25, 0.3) is 10.8 Å². The molecule has 1 N–H and O–H groups in total. The molecule has 21 heavy (non-hydrogen) atoms. The van der Waals surface area contributed by atoms with E-state index in [1.54, 1.807) is 7.11 Å². The second-order valence-electron chi connectivity index (χ2n) is 5.99. The van der Waals surface area contributed by atoms with Crippen molar-refractivity contribution < 1.29 is 4.74 Å². The third kappa shape index (κ3) is 2.56. The number of anilines is 1. The van der Waals surface area contributed by atoms with Crippen LogP contribution in [0.3, 0.4) is 0 Å². The summed E-state index contributed by atoms with van der Waals surface area (Å²) in [5.74, 6) is 1.98. The molecule has 1 aromatic carbocycles. The number of piperidine rings is 1. The van der Waals surface area contributed by atoms with Crippen LogP contribution in [0, 0.1) is 0 Å². The van der Waals surface area contributed by atoms with E-state index in [9.17, 15) is 0 Å². The van der Waals surface area contributed by atoms with Crippen LogP contribution in [0.5, 0.6) is 5.75 Å². The fraction of sp³-hybridized carbons (Fsp3) is 0.471. The van der Waals surface area contributed by atoms with Gasteiger partial charge in [0.2, 0.25) is 0 Å². The van der Waals surface area contributed by atoms with Gasteiger partial charge in [0, 0.05) is 35.6 Å². The molecule has 1 aromatic heterocycles. The summed E-state index contributed by atoms with van der Waals surface area (Å²) < 4.78 is 5.46. The van der Waals surface area contributed by atoms with E-state index in [1.807, 2.05) is 24.4 Å². The first kappa shape index (κ1) is 14.1. The molecule has 0 amide bonds. The van der Waals surface area contributed by atoms with Crippen LogP contribution < -0.4 is 15.0 Å². The maximum Gasteiger partial charge on any atom is 0.136 e. The molecule has 4 nitrogen and oxygen atoms in total. The Morgan fingerprint density at radius 3 is 2.62 bits per heavy atom. The van der Waals surface area contributed by atoms with Crippen molar-refractivity contribution in [1.82, 2.24) is 10.3 Å². The monoisotopic (exact) mass is 285 g/mol. The number of ether oxygens (including phenoxy) is 1. The highest BCUT2D eigenvalue weighted by atomic mass is 16.5. The third-order valence-corrected chi connectivity index (χ3v) is 4.74. The van der Waals surface area contributed by atoms with E-state index in [0.29, 0.717) is 0 Å². The van der Waals surface area contributed by atoms with E-state index in [4.69, 9.17) is 4.74 Å². The maximum atomic E-state index is 5.46. The number of methoxy groups -OCH3 is 1. The lowest BCUT2D eigenvalue weighted by atomic mass is 9.90. The van der Waals surface area contributed by atoms with Gasteiger partial charge < -0.3 is 15.0 Å². The van der Waals surface area contributed by atoms with Crippen molar-refractivity contribution in [3.8, 4) is 5.75 Å². The lowest BCUT2D eigenvalue weighted by Gasteiger charge is -2.40. The molecule has 2 heterocycles. The van der Waals surface area contributed by atoms with Gasteiger partial charge in [0.15, 0.2) is 0 Å². The van der Waals surface area contributed by atoms with Crippen LogP contribution in [0.1, 0.15) is 19.8 Å². The van der Waals surface area contributed by atoms with Crippen molar-refractivity contribution in [2.75, 3.05) is 32.1 Å². The van der Waals surface area contributed by atoms with Crippen molar-refractivity contribution in [1.29, 1.82) is 0 Å². The molecule has 0 saturated carbocycles. The summed E-state index contributed by atoms with van der Waals surface area (Å²) in [6, 6.07) is 8.19. The number of benzene rings is 1. The number of hydrogen-bond acceptors (Lipinski definition) is 4. The van der Waals surface area contributed by atoms with Gasteiger partial charge in [-0.25, -0.2) is 4.98 Å². The van der Waals surface area contributed by atoms with Crippen LogP contribution in [0.15, 0.2) is 30.5 Å². The molecule has 0 unspecified atom stereocenters. The van der Waals surface area contributed by atoms with Crippen molar-refractivity contribution in [3.05, 3.63) is 30.5 Å². The smallest absolute Gasteiger partial charge is 0.136 e. The van der Waals surface area contributed by atoms with Crippen molar-refractivity contribution in [3.63, 3.8) is 0 Å². The fourth-order valence-electron chi connectivity index (χ4n) is 3.05. The Balaban J connectivity index is 1.95. The summed E-state index contributed by atoms with van der Waals surface area (Å²) in [4.78, 5) is 7.02. The van der Waals surface area contributed by atoms with Crippen molar-refractivity contribution in [2.45, 2.75) is 25.3 Å². The first-order chi connectivity index (χ1) is 10.2. The van der Waals surface area contributed by atoms with E-state index in [1.165, 1.54) is 5.39 Å². The summed E-state index contributed by atoms with van der Waals surface area (Å²) in [6.07, 6.45) is 4.14. The fourth-order valence-corrected chi connectivity index (χ4v) is 3.05. The topological polar surface area (TPSA) is 37.4 Å². The Hall–Kier alpha value is -1.81. The summed E-state index contributed by atoms with van der Waals surface area (Å²) in [6.45, 7) is 4.35. The highest BCUT2D eigenvalue weighted by molar-refractivity contribution is 5.96. The molecule has 1 saturated heterocycles. The number of nitrogens with zero attached hydrogens (tertiary/aromatic N) is 2. The zero-order valence-corrected chi connectivity index (χ0v) is 13.0. The van der Waals surface area contributed by atoms with Gasteiger partial charge in [-0.1, -0.05) is 12.1 Å². The molecule has 0 radical (unpaired) electrons. The average molecular weight is 285 g/mol. The van der Waals surface area contributed by atoms with E-state index < -0.39 is 0 Å². The summed E-state index contributed by atoms with van der Waals surface area (Å²) in [5, 5.41) is 5.74. The summed E-state index contributed by atoms with van der Waals surface area (Å²) in [5.41, 5.74) is 0.249. The minimum atomic E-state index is 0.249. The van der Waals surface area contributed by atoms with E-state index >= 15 is 0 Å². The highest BCUT2D eigenvalue weighted by Gasteiger charge is 2.29. The highest BCUT2D eigenvalue weighted by Crippen LogP contribution is 2.33. The Kier molecular flexibility index (Phi) is 3.72. The van der Waals surface area contributed by atoms with Gasteiger partial charge in [-0.05, 0) is 38.9 Å². The number of aromatic nitrogens is 1. The molecule has 1 aliphatic heterocycles. The Labute approximate surface area is 126 Å². The van der Waals surface area contributed by atoms with Gasteiger partial charge in [-0.3, -0.25) is 0 Å². The van der Waals surface area contributed by atoms with E-state index in [2.05, 4.69) is 35.2 Å². The molecule has 0 aliphatic carbocycles. The number of nitrogens with one attached hydrogen (secondary N) is 1. The summed E-state index contributed by atoms with van der Waals surface area (Å²) in [7, 11) is 3.77. The van der Waals surface area contributed by atoms with Crippen molar-refractivity contribution in [2.24, 2.45) is 0 Å². The molecular formula is C17H23N3O. The number of pyridine rings is 1. The number of rotatable bonds is 3. The summed E-state index contributed by atoms with van der Waals surface area (Å²) >= 11 is 0. The molecule has 2 aromatic rings. The predicted octanol–water partition coefficient (Wildman–Crippen LogP) is 2.82. The van der Waals surface area contributed by atoms with Gasteiger partial charge in [-0.15, -0.1) is 0 Å². The molecular weight excluding hydrogens is 262 g/mol. The van der Waals surface area contributed by atoms with Gasteiger partial charge in [-0.2, -0.15) is 0 Å². The molecule has 1 fully saturated rings. The molecule has 4 heteroatoms. The van der Waals surface area contributed by atoms with Crippen LogP contribution in [0.4, 0.5) is 5.82 Å². The normalized spacial score (nSPS) is 18.0. The Morgan fingerprint density at radius 1 is 1.19 bits per heavy atom. The molecule has 0 atom stereocenters. The second kappa shape index (κ2) is 5.53. The third-order valence-electron chi connectivity index (χ3n) is 4.74. The molecule has 3 rings (SSSR count). The number of fused-ring (bicyclic) bond motifs is 1. The molecule has 0 spiro atoms. The average Bonchev–Trinajstić information content (AvgIpc) is 2.54. The lowest BCUT2D eigenvalue weighted by Crippen LogP contribution is -2.50. The predicted molar refractivity (Wildman–Crippen MR) is 87.2 cm³/mol. The van der Waals surface area contributed by atoms with Gasteiger partial charge in [0.05, 0.1) is 7.11 Å². The zero-order valence-electron chi connectivity index (χ0n) is 13.0. The largest absolute Gasteiger partial charge is 0.496 e. The van der Waals surface area contributed by atoms with E-state index in [-0.39, 0.29) is 5.54 Å². The first-order valence-electron chi connectivity index (χ1n) is 7.52. The van der Waals surface area contributed by atoms with Crippen molar-refractivity contribution >= 4 is 16.6 Å². The van der Waals surface area contributed by atoms with Crippen LogP contribution >= 0.6 is 0 Å². The Morgan fingerprint density at radius 2 is 1.95 bits per heavy atom. The molecule has 1 aliphatic rings. The van der Waals surface area contributed by atoms with Crippen LogP contribution in [0.2, 0.25) is 0 Å². The SMILES string of the molecule is CNC1(C)CCN(c2nccc3c(OC)cccc23)CC1. The standard InChI is InChI=1S/C17H23N3O/c1-17(18-2)8-11-20(12-9-17)16-14-5-4-6-15(21-3)13(14)7-10-19-16/h4-7,10,18H,8-9,11-12H2,1-3H3. The van der Waals surface area contributed by atoms with Gasteiger partial charge in [0.1, 0.15) is 11.6 Å². The van der Waals surface area contributed by atoms with Crippen LogP contribution in [-0.2, 0) is 0 Å². The second-order valence-corrected chi connectivity index (χ2v) is 5.99. The molecule has 112 valence electrons. The molecule has 0 bridgehead atoms. The number of hydrogen-bond donors (Lipinski definition) is 1.